The summed E-state index contributed by atoms with van der Waals surface area (Å²) in [6, 6.07) is 0. The van der Waals surface area contributed by atoms with Crippen LogP contribution in [0.2, 0.25) is 0 Å². The van der Waals surface area contributed by atoms with E-state index >= 15 is 0 Å². The second-order valence-corrected chi connectivity index (χ2v) is 3.72. The van der Waals surface area contributed by atoms with Crippen molar-refractivity contribution in [1.29, 1.82) is 0 Å². The van der Waals surface area contributed by atoms with E-state index in [0.29, 0.717) is 0 Å². The zero-order valence-corrected chi connectivity index (χ0v) is 8.94. The lowest BCUT2D eigenvalue weighted by Gasteiger charge is -2.04. The fraction of sp³-hybridized carbons (Fsp3) is 0.833. The van der Waals surface area contributed by atoms with Crippen LogP contribution in [0.15, 0.2) is 0 Å². The van der Waals surface area contributed by atoms with Crippen LogP contribution >= 0.6 is 31.9 Å². The highest BCUT2D eigenvalue weighted by Crippen LogP contribution is 2.10. The van der Waals surface area contributed by atoms with Crippen LogP contribution in [0.3, 0.4) is 0 Å². The Hall–Kier alpha value is 0.430. The van der Waals surface area contributed by atoms with Crippen LogP contribution < -0.4 is 0 Å². The molecule has 0 heterocycles. The minimum Gasteiger partial charge on any atom is -0.468 e. The molecule has 0 bridgehead atoms. The van der Waals surface area contributed by atoms with Gasteiger partial charge in [-0.15, -0.1) is 0 Å². The number of carbonyl (C=O) groups is 1. The van der Waals surface area contributed by atoms with Crippen molar-refractivity contribution in [3.8, 4) is 0 Å². The highest BCUT2D eigenvalue weighted by atomic mass is 79.9. The third kappa shape index (κ3) is 4.28. The maximum Gasteiger partial charge on any atom is 0.319 e. The SMILES string of the molecule is COC(=O)[C@@H](Br)CCCBr. The topological polar surface area (TPSA) is 26.3 Å². The molecule has 0 N–H and O–H groups in total. The summed E-state index contributed by atoms with van der Waals surface area (Å²) in [5.41, 5.74) is 0. The van der Waals surface area contributed by atoms with Crippen molar-refractivity contribution in [2.45, 2.75) is 17.7 Å². The molecule has 0 saturated heterocycles. The van der Waals surface area contributed by atoms with Crippen molar-refractivity contribution in [2.24, 2.45) is 0 Å². The van der Waals surface area contributed by atoms with E-state index < -0.39 is 0 Å². The molecule has 0 aromatic rings. The highest BCUT2D eigenvalue weighted by Gasteiger charge is 2.13. The Labute approximate surface area is 77.6 Å². The normalized spacial score (nSPS) is 12.7. The van der Waals surface area contributed by atoms with Gasteiger partial charge >= 0.3 is 5.97 Å². The maximum atomic E-state index is 10.7. The quantitative estimate of drug-likeness (QED) is 0.579. The van der Waals surface area contributed by atoms with Gasteiger partial charge in [0.15, 0.2) is 0 Å². The van der Waals surface area contributed by atoms with Gasteiger partial charge in [-0.3, -0.25) is 4.79 Å². The summed E-state index contributed by atoms with van der Waals surface area (Å²) >= 11 is 6.49. The third-order valence-corrected chi connectivity index (χ3v) is 2.44. The van der Waals surface area contributed by atoms with E-state index in [1.807, 2.05) is 0 Å². The van der Waals surface area contributed by atoms with Crippen molar-refractivity contribution in [2.75, 3.05) is 12.4 Å². The Morgan fingerprint density at radius 3 is 2.70 bits per heavy atom. The number of alkyl halides is 2. The standard InChI is InChI=1S/C6H10Br2O2/c1-10-6(9)5(8)3-2-4-7/h5H,2-4H2,1H3/t5-/m0/s1. The number of hydrogen-bond donors (Lipinski definition) is 0. The Morgan fingerprint density at radius 1 is 1.70 bits per heavy atom. The lowest BCUT2D eigenvalue weighted by molar-refractivity contribution is -0.139. The molecule has 10 heavy (non-hydrogen) atoms. The van der Waals surface area contributed by atoms with Gasteiger partial charge in [0.1, 0.15) is 4.83 Å². The van der Waals surface area contributed by atoms with E-state index in [0.717, 1.165) is 18.2 Å². The Morgan fingerprint density at radius 2 is 2.30 bits per heavy atom. The largest absolute Gasteiger partial charge is 0.468 e. The van der Waals surface area contributed by atoms with Gasteiger partial charge in [0.05, 0.1) is 7.11 Å². The van der Waals surface area contributed by atoms with Crippen molar-refractivity contribution in [1.82, 2.24) is 0 Å². The molecule has 0 fully saturated rings. The van der Waals surface area contributed by atoms with Gasteiger partial charge in [-0.2, -0.15) is 0 Å². The molecule has 0 aliphatic heterocycles. The van der Waals surface area contributed by atoms with E-state index in [-0.39, 0.29) is 10.8 Å². The number of carbonyl (C=O) groups excluding carboxylic acids is 1. The highest BCUT2D eigenvalue weighted by molar-refractivity contribution is 9.10. The molecular weight excluding hydrogens is 264 g/mol. The number of hydrogen-bond acceptors (Lipinski definition) is 2. The lowest BCUT2D eigenvalue weighted by Crippen LogP contribution is -2.15. The predicted molar refractivity (Wildman–Crippen MR) is 47.8 cm³/mol. The average Bonchev–Trinajstić information content (AvgIpc) is 1.98. The number of esters is 1. The third-order valence-electron chi connectivity index (χ3n) is 1.05. The predicted octanol–water partition coefficient (Wildman–Crippen LogP) is 2.10. The molecule has 0 rings (SSSR count). The first kappa shape index (κ1) is 10.4. The van der Waals surface area contributed by atoms with E-state index in [1.54, 1.807) is 0 Å². The molecule has 0 amide bonds. The van der Waals surface area contributed by atoms with Crippen molar-refractivity contribution >= 4 is 37.8 Å². The number of ether oxygens (including phenoxy) is 1. The number of methoxy groups -OCH3 is 1. The second kappa shape index (κ2) is 6.16. The Kier molecular flexibility index (Phi) is 6.43. The summed E-state index contributed by atoms with van der Waals surface area (Å²) in [5.74, 6) is -0.194. The molecule has 1 atom stereocenters. The van der Waals surface area contributed by atoms with Crippen LogP contribution in [0, 0.1) is 0 Å². The Balaban J connectivity index is 3.41. The van der Waals surface area contributed by atoms with Gasteiger partial charge < -0.3 is 4.74 Å². The van der Waals surface area contributed by atoms with Gasteiger partial charge in [0.25, 0.3) is 0 Å². The monoisotopic (exact) mass is 272 g/mol. The lowest BCUT2D eigenvalue weighted by atomic mass is 10.2. The van der Waals surface area contributed by atoms with Crippen LogP contribution in [-0.2, 0) is 9.53 Å². The first-order valence-corrected chi connectivity index (χ1v) is 5.04. The zero-order valence-electron chi connectivity index (χ0n) is 5.77. The second-order valence-electron chi connectivity index (χ2n) is 1.82. The molecule has 0 aromatic heterocycles. The van der Waals surface area contributed by atoms with Gasteiger partial charge in [-0.05, 0) is 12.8 Å². The van der Waals surface area contributed by atoms with Gasteiger partial charge in [0.2, 0.25) is 0 Å². The molecule has 4 heteroatoms. The van der Waals surface area contributed by atoms with Crippen molar-refractivity contribution in [3.63, 3.8) is 0 Å². The van der Waals surface area contributed by atoms with E-state index in [4.69, 9.17) is 0 Å². The summed E-state index contributed by atoms with van der Waals surface area (Å²) in [6.45, 7) is 0. The molecule has 60 valence electrons. The number of halogens is 2. The molecule has 2 nitrogen and oxygen atoms in total. The van der Waals surface area contributed by atoms with Crippen LogP contribution in [0.4, 0.5) is 0 Å². The van der Waals surface area contributed by atoms with Crippen LogP contribution in [0.5, 0.6) is 0 Å². The molecule has 0 aliphatic rings. The fourth-order valence-corrected chi connectivity index (χ4v) is 1.34. The molecule has 0 unspecified atom stereocenters. The first-order chi connectivity index (χ1) is 4.72. The van der Waals surface area contributed by atoms with Gasteiger partial charge in [-0.25, -0.2) is 0 Å². The van der Waals surface area contributed by atoms with Crippen LogP contribution in [0.1, 0.15) is 12.8 Å². The summed E-state index contributed by atoms with van der Waals surface area (Å²) in [4.78, 5) is 10.6. The summed E-state index contributed by atoms with van der Waals surface area (Å²) in [5, 5.41) is 0.923. The molecule has 0 aromatic carbocycles. The number of rotatable bonds is 4. The van der Waals surface area contributed by atoms with Gasteiger partial charge in [0, 0.05) is 5.33 Å². The van der Waals surface area contributed by atoms with Crippen LogP contribution in [-0.4, -0.2) is 23.2 Å². The molecule has 0 spiro atoms. The first-order valence-electron chi connectivity index (χ1n) is 3.00. The van der Waals surface area contributed by atoms with Crippen molar-refractivity contribution in [3.05, 3.63) is 0 Å². The summed E-state index contributed by atoms with van der Waals surface area (Å²) in [6.07, 6.45) is 1.79. The molecule has 0 radical (unpaired) electrons. The minimum atomic E-state index is -0.194. The summed E-state index contributed by atoms with van der Waals surface area (Å²) < 4.78 is 4.51. The van der Waals surface area contributed by atoms with E-state index in [1.165, 1.54) is 7.11 Å². The average molecular weight is 274 g/mol. The summed E-state index contributed by atoms with van der Waals surface area (Å²) in [7, 11) is 1.39. The minimum absolute atomic E-state index is 0.143. The van der Waals surface area contributed by atoms with Crippen molar-refractivity contribution < 1.29 is 9.53 Å². The van der Waals surface area contributed by atoms with Gasteiger partial charge in [-0.1, -0.05) is 31.9 Å². The smallest absolute Gasteiger partial charge is 0.319 e. The Bertz CT molecular complexity index is 106. The molecule has 0 saturated carbocycles. The molecule has 0 aliphatic carbocycles. The maximum absolute atomic E-state index is 10.7. The van der Waals surface area contributed by atoms with E-state index in [2.05, 4.69) is 36.6 Å². The van der Waals surface area contributed by atoms with E-state index in [9.17, 15) is 4.79 Å². The fourth-order valence-electron chi connectivity index (χ4n) is 0.502. The molecular formula is C6H10Br2O2. The zero-order chi connectivity index (χ0) is 7.98. The van der Waals surface area contributed by atoms with Crippen LogP contribution in [0.25, 0.3) is 0 Å².